The number of nitrogens with one attached hydrogen (secondary N) is 3. The molecule has 1 rings (SSSR count). The van der Waals surface area contributed by atoms with Crippen molar-refractivity contribution in [3.8, 4) is 0 Å². The molecule has 0 radical (unpaired) electrons. The largest absolute Gasteiger partial charge is 0.377 e. The summed E-state index contributed by atoms with van der Waals surface area (Å²) >= 11 is 0. The van der Waals surface area contributed by atoms with E-state index in [0.29, 0.717) is 0 Å². The molecule has 0 aromatic carbocycles. The molecule has 1 fully saturated rings. The molecule has 0 spiro atoms. The van der Waals surface area contributed by atoms with Gasteiger partial charge in [-0.05, 0) is 13.8 Å². The molecule has 8 heteroatoms. The van der Waals surface area contributed by atoms with Crippen LogP contribution in [0.15, 0.2) is 0 Å². The summed E-state index contributed by atoms with van der Waals surface area (Å²) in [5.74, 6) is -1.80. The van der Waals surface area contributed by atoms with Gasteiger partial charge in [-0.3, -0.25) is 25.1 Å². The number of aliphatic hydroxyl groups excluding tert-OH is 1. The van der Waals surface area contributed by atoms with Crippen LogP contribution >= 0.6 is 0 Å². The molecule has 15 heavy (non-hydrogen) atoms. The molecule has 8 nitrogen and oxygen atoms in total. The smallest absolute Gasteiger partial charge is 0.328 e. The number of amides is 4. The number of imide groups is 2. The highest BCUT2D eigenvalue weighted by Gasteiger charge is 2.48. The Kier molecular flexibility index (Phi) is 3.03. The zero-order valence-corrected chi connectivity index (χ0v) is 8.16. The van der Waals surface area contributed by atoms with Crippen molar-refractivity contribution in [3.05, 3.63) is 0 Å². The van der Waals surface area contributed by atoms with E-state index < -0.39 is 29.7 Å². The van der Waals surface area contributed by atoms with Crippen LogP contribution in [0.4, 0.5) is 4.79 Å². The molecule has 0 aromatic heterocycles. The van der Waals surface area contributed by atoms with Gasteiger partial charge in [0.05, 0.1) is 0 Å². The van der Waals surface area contributed by atoms with Gasteiger partial charge in [-0.2, -0.15) is 5.48 Å². The maximum atomic E-state index is 11.3. The van der Waals surface area contributed by atoms with Crippen LogP contribution in [0.3, 0.4) is 0 Å². The standard InChI is InChI=1S/C7H11N3O5/c1-3(11)10-15-7(2)4(12)8-6(14)9-5(7)13/h3,10-11H,1-2H3,(H2,8,9,12,13,14). The van der Waals surface area contributed by atoms with Crippen LogP contribution in [0.2, 0.25) is 0 Å². The van der Waals surface area contributed by atoms with E-state index in [4.69, 9.17) is 9.94 Å². The number of rotatable bonds is 3. The quantitative estimate of drug-likeness (QED) is 0.246. The molecule has 84 valence electrons. The highest BCUT2D eigenvalue weighted by Crippen LogP contribution is 2.12. The lowest BCUT2D eigenvalue weighted by molar-refractivity contribution is -0.179. The summed E-state index contributed by atoms with van der Waals surface area (Å²) in [5.41, 5.74) is 0.170. The molecule has 0 aliphatic carbocycles. The van der Waals surface area contributed by atoms with Gasteiger partial charge >= 0.3 is 6.03 Å². The van der Waals surface area contributed by atoms with Crippen molar-refractivity contribution in [3.63, 3.8) is 0 Å². The second-order valence-corrected chi connectivity index (χ2v) is 3.17. The van der Waals surface area contributed by atoms with E-state index in [9.17, 15) is 14.4 Å². The van der Waals surface area contributed by atoms with Crippen molar-refractivity contribution in [1.82, 2.24) is 16.1 Å². The van der Waals surface area contributed by atoms with E-state index in [1.807, 2.05) is 10.6 Å². The Morgan fingerprint density at radius 3 is 2.20 bits per heavy atom. The molecule has 1 aliphatic rings. The highest BCUT2D eigenvalue weighted by atomic mass is 16.7. The number of hydrogen-bond acceptors (Lipinski definition) is 6. The van der Waals surface area contributed by atoms with Crippen molar-refractivity contribution in [2.24, 2.45) is 0 Å². The first kappa shape index (κ1) is 11.6. The van der Waals surface area contributed by atoms with E-state index in [1.54, 1.807) is 0 Å². The number of urea groups is 1. The maximum absolute atomic E-state index is 11.3. The van der Waals surface area contributed by atoms with Gasteiger partial charge in [0.15, 0.2) is 0 Å². The summed E-state index contributed by atoms with van der Waals surface area (Å²) in [7, 11) is 0. The molecule has 1 heterocycles. The molecular formula is C7H11N3O5. The van der Waals surface area contributed by atoms with Crippen molar-refractivity contribution in [2.75, 3.05) is 0 Å². The molecular weight excluding hydrogens is 206 g/mol. The first-order valence-electron chi connectivity index (χ1n) is 4.14. The summed E-state index contributed by atoms with van der Waals surface area (Å²) in [5, 5.41) is 12.6. The molecule has 0 bridgehead atoms. The SMILES string of the molecule is CC(O)NOC1(C)C(=O)NC(=O)NC1=O. The number of aliphatic hydroxyl groups is 1. The Bertz CT molecular complexity index is 294. The third-order valence-corrected chi connectivity index (χ3v) is 1.75. The van der Waals surface area contributed by atoms with Crippen LogP contribution in [0.5, 0.6) is 0 Å². The van der Waals surface area contributed by atoms with Crippen LogP contribution in [-0.4, -0.2) is 34.8 Å². The second kappa shape index (κ2) is 3.93. The van der Waals surface area contributed by atoms with Crippen LogP contribution in [0.1, 0.15) is 13.8 Å². The predicted molar refractivity (Wildman–Crippen MR) is 46.0 cm³/mol. The zero-order valence-electron chi connectivity index (χ0n) is 8.16. The normalized spacial score (nSPS) is 21.9. The van der Waals surface area contributed by atoms with E-state index in [0.717, 1.165) is 0 Å². The van der Waals surface area contributed by atoms with Crippen molar-refractivity contribution >= 4 is 17.8 Å². The zero-order chi connectivity index (χ0) is 11.6. The first-order valence-corrected chi connectivity index (χ1v) is 4.14. The molecule has 1 unspecified atom stereocenters. The summed E-state index contributed by atoms with van der Waals surface area (Å²) in [6.45, 7) is 2.51. The van der Waals surface area contributed by atoms with Gasteiger partial charge in [0, 0.05) is 0 Å². The molecule has 1 saturated heterocycles. The van der Waals surface area contributed by atoms with Crippen molar-refractivity contribution in [1.29, 1.82) is 0 Å². The fourth-order valence-electron chi connectivity index (χ4n) is 0.875. The van der Waals surface area contributed by atoms with Gasteiger partial charge in [-0.15, -0.1) is 0 Å². The molecule has 1 atom stereocenters. The minimum absolute atomic E-state index is 0.899. The number of hydrogen-bond donors (Lipinski definition) is 4. The molecule has 0 saturated carbocycles. The predicted octanol–water partition coefficient (Wildman–Crippen LogP) is -2.03. The number of hydroxylamine groups is 1. The maximum Gasteiger partial charge on any atom is 0.328 e. The summed E-state index contributed by atoms with van der Waals surface area (Å²) in [4.78, 5) is 38.1. The van der Waals surface area contributed by atoms with Gasteiger partial charge in [0.25, 0.3) is 11.8 Å². The summed E-state index contributed by atoms with van der Waals surface area (Å²) in [6, 6.07) is -0.900. The summed E-state index contributed by atoms with van der Waals surface area (Å²) in [6.07, 6.45) is -1.06. The highest BCUT2D eigenvalue weighted by molar-refractivity contribution is 6.21. The molecule has 4 amide bonds. The molecule has 1 aliphatic heterocycles. The van der Waals surface area contributed by atoms with E-state index in [1.165, 1.54) is 13.8 Å². The Balaban J connectivity index is 2.76. The lowest BCUT2D eigenvalue weighted by Crippen LogP contribution is -2.67. The lowest BCUT2D eigenvalue weighted by Gasteiger charge is -2.30. The van der Waals surface area contributed by atoms with Gasteiger partial charge in [0.1, 0.15) is 6.23 Å². The average molecular weight is 217 g/mol. The monoisotopic (exact) mass is 217 g/mol. The third-order valence-electron chi connectivity index (χ3n) is 1.75. The van der Waals surface area contributed by atoms with Gasteiger partial charge in [0.2, 0.25) is 5.60 Å². The minimum Gasteiger partial charge on any atom is -0.377 e. The lowest BCUT2D eigenvalue weighted by atomic mass is 10.0. The third kappa shape index (κ3) is 2.29. The average Bonchev–Trinajstić information content (AvgIpc) is 2.11. The second-order valence-electron chi connectivity index (χ2n) is 3.17. The van der Waals surface area contributed by atoms with E-state index in [-0.39, 0.29) is 0 Å². The molecule has 4 N–H and O–H groups in total. The van der Waals surface area contributed by atoms with Crippen LogP contribution < -0.4 is 16.1 Å². The van der Waals surface area contributed by atoms with Crippen molar-refractivity contribution < 1.29 is 24.3 Å². The number of carbonyl (C=O) groups is 3. The minimum atomic E-state index is -1.88. The number of barbiturate groups is 1. The van der Waals surface area contributed by atoms with E-state index >= 15 is 0 Å². The van der Waals surface area contributed by atoms with Gasteiger partial charge in [-0.1, -0.05) is 0 Å². The van der Waals surface area contributed by atoms with Crippen LogP contribution in [0, 0.1) is 0 Å². The number of carbonyl (C=O) groups excluding carboxylic acids is 3. The van der Waals surface area contributed by atoms with E-state index in [2.05, 4.69) is 5.48 Å². The Hall–Kier alpha value is -1.51. The van der Waals surface area contributed by atoms with Crippen LogP contribution in [-0.2, 0) is 14.4 Å². The topological polar surface area (TPSA) is 117 Å². The fraction of sp³-hybridized carbons (Fsp3) is 0.571. The Morgan fingerprint density at radius 2 is 1.80 bits per heavy atom. The Labute approximate surface area is 84.9 Å². The fourth-order valence-corrected chi connectivity index (χ4v) is 0.875. The van der Waals surface area contributed by atoms with Crippen molar-refractivity contribution in [2.45, 2.75) is 25.7 Å². The molecule has 0 aromatic rings. The first-order chi connectivity index (χ1) is 6.86. The van der Waals surface area contributed by atoms with Crippen LogP contribution in [0.25, 0.3) is 0 Å². The summed E-state index contributed by atoms with van der Waals surface area (Å²) < 4.78 is 0. The Morgan fingerprint density at radius 1 is 1.33 bits per heavy atom. The van der Waals surface area contributed by atoms with Gasteiger partial charge < -0.3 is 5.11 Å². The van der Waals surface area contributed by atoms with Gasteiger partial charge in [-0.25, -0.2) is 4.79 Å².